The summed E-state index contributed by atoms with van der Waals surface area (Å²) < 4.78 is 0. The highest BCUT2D eigenvalue weighted by atomic mass is 32.1. The van der Waals surface area contributed by atoms with Gasteiger partial charge in [0, 0.05) is 10.8 Å². The van der Waals surface area contributed by atoms with Gasteiger partial charge in [0.1, 0.15) is 0 Å². The second-order valence-corrected chi connectivity index (χ2v) is 7.12. The van der Waals surface area contributed by atoms with E-state index in [1.54, 1.807) is 0 Å². The van der Waals surface area contributed by atoms with Gasteiger partial charge in [-0.25, -0.2) is 4.98 Å². The number of thiazole rings is 1. The number of nitrogens with zero attached hydrogens (tertiary/aromatic N) is 1. The maximum Gasteiger partial charge on any atom is 0.307 e. The van der Waals surface area contributed by atoms with Crippen LogP contribution in [0.2, 0.25) is 0 Å². The number of carboxylic acids is 1. The average Bonchev–Trinajstić information content (AvgIpc) is 2.95. The van der Waals surface area contributed by atoms with Gasteiger partial charge < -0.3 is 10.4 Å². The Labute approximate surface area is 122 Å². The number of hydrogen-bond donors (Lipinski definition) is 2. The molecule has 1 aliphatic rings. The van der Waals surface area contributed by atoms with Crippen molar-refractivity contribution >= 4 is 28.3 Å². The summed E-state index contributed by atoms with van der Waals surface area (Å²) in [7, 11) is 0. The van der Waals surface area contributed by atoms with Gasteiger partial charge >= 0.3 is 5.97 Å². The predicted molar refractivity (Wildman–Crippen MR) is 77.9 cm³/mol. The summed E-state index contributed by atoms with van der Waals surface area (Å²) in [5.74, 6) is -2.09. The second kappa shape index (κ2) is 5.52. The highest BCUT2D eigenvalue weighted by Crippen LogP contribution is 2.33. The van der Waals surface area contributed by atoms with E-state index in [4.69, 9.17) is 5.11 Å². The van der Waals surface area contributed by atoms with Crippen LogP contribution >= 0.6 is 11.3 Å². The van der Waals surface area contributed by atoms with Gasteiger partial charge in [0.25, 0.3) is 0 Å². The molecule has 2 rings (SSSR count). The van der Waals surface area contributed by atoms with Crippen LogP contribution in [0.1, 0.15) is 45.7 Å². The summed E-state index contributed by atoms with van der Waals surface area (Å²) in [5, 5.41) is 14.4. The molecule has 2 N–H and O–H groups in total. The first kappa shape index (κ1) is 15.0. The molecule has 2 atom stereocenters. The Kier molecular flexibility index (Phi) is 4.13. The first-order valence-corrected chi connectivity index (χ1v) is 7.66. The summed E-state index contributed by atoms with van der Waals surface area (Å²) in [6.45, 7) is 6.18. The maximum atomic E-state index is 12.2. The number of aromatic nitrogens is 1. The van der Waals surface area contributed by atoms with E-state index in [-0.39, 0.29) is 11.3 Å². The van der Waals surface area contributed by atoms with Crippen LogP contribution in [-0.2, 0) is 15.0 Å². The van der Waals surface area contributed by atoms with Crippen molar-refractivity contribution in [1.29, 1.82) is 0 Å². The molecule has 1 aromatic rings. The molecular formula is C14H20N2O3S. The molecule has 1 aromatic heterocycles. The van der Waals surface area contributed by atoms with E-state index < -0.39 is 17.8 Å². The Bertz CT molecular complexity index is 519. The number of carboxylic acid groups (broad SMARTS) is 1. The molecule has 6 heteroatoms. The van der Waals surface area contributed by atoms with E-state index in [0.29, 0.717) is 18.0 Å². The molecule has 20 heavy (non-hydrogen) atoms. The van der Waals surface area contributed by atoms with Crippen LogP contribution in [-0.4, -0.2) is 22.0 Å². The molecule has 2 unspecified atom stereocenters. The van der Waals surface area contributed by atoms with E-state index in [1.165, 1.54) is 11.3 Å². The fourth-order valence-corrected chi connectivity index (χ4v) is 3.38. The van der Waals surface area contributed by atoms with Gasteiger partial charge in [-0.2, -0.15) is 0 Å². The predicted octanol–water partition coefficient (Wildman–Crippen LogP) is 2.88. The zero-order valence-electron chi connectivity index (χ0n) is 12.0. The largest absolute Gasteiger partial charge is 0.481 e. The van der Waals surface area contributed by atoms with E-state index in [9.17, 15) is 9.59 Å². The zero-order chi connectivity index (χ0) is 14.9. The summed E-state index contributed by atoms with van der Waals surface area (Å²) in [6, 6.07) is 0. The van der Waals surface area contributed by atoms with Crippen molar-refractivity contribution in [2.24, 2.45) is 11.8 Å². The SMILES string of the molecule is CC(C)(C)c1csc(NC(=O)C2CCCC2C(=O)O)n1. The summed E-state index contributed by atoms with van der Waals surface area (Å²) in [4.78, 5) is 27.7. The number of aliphatic carboxylic acids is 1. The van der Waals surface area contributed by atoms with Crippen LogP contribution in [0.15, 0.2) is 5.38 Å². The monoisotopic (exact) mass is 296 g/mol. The number of carbonyl (C=O) groups is 2. The van der Waals surface area contributed by atoms with Crippen molar-refractivity contribution in [3.05, 3.63) is 11.1 Å². The summed E-state index contributed by atoms with van der Waals surface area (Å²) in [6.07, 6.45) is 2.01. The fraction of sp³-hybridized carbons (Fsp3) is 0.643. The molecule has 0 aliphatic heterocycles. The van der Waals surface area contributed by atoms with Gasteiger partial charge in [-0.1, -0.05) is 27.2 Å². The molecule has 0 aromatic carbocycles. The molecule has 1 heterocycles. The second-order valence-electron chi connectivity index (χ2n) is 6.26. The molecule has 1 amide bonds. The quantitative estimate of drug-likeness (QED) is 0.899. The lowest BCUT2D eigenvalue weighted by Crippen LogP contribution is -2.30. The molecule has 5 nitrogen and oxygen atoms in total. The lowest BCUT2D eigenvalue weighted by molar-refractivity contribution is -0.145. The van der Waals surface area contributed by atoms with Crippen LogP contribution in [0, 0.1) is 11.8 Å². The summed E-state index contributed by atoms with van der Waals surface area (Å²) >= 11 is 1.38. The van der Waals surface area contributed by atoms with E-state index in [1.807, 2.05) is 5.38 Å². The number of nitrogens with one attached hydrogen (secondary N) is 1. The van der Waals surface area contributed by atoms with Gasteiger partial charge in [0.15, 0.2) is 5.13 Å². The lowest BCUT2D eigenvalue weighted by atomic mass is 9.93. The maximum absolute atomic E-state index is 12.2. The number of amides is 1. The normalized spacial score (nSPS) is 22.8. The molecule has 110 valence electrons. The minimum absolute atomic E-state index is 0.0591. The van der Waals surface area contributed by atoms with Crippen molar-refractivity contribution in [2.45, 2.75) is 45.4 Å². The van der Waals surface area contributed by atoms with E-state index in [0.717, 1.165) is 12.1 Å². The molecule has 0 spiro atoms. The van der Waals surface area contributed by atoms with Crippen LogP contribution in [0.25, 0.3) is 0 Å². The number of anilines is 1. The van der Waals surface area contributed by atoms with Crippen molar-refractivity contribution in [3.8, 4) is 0 Å². The molecular weight excluding hydrogens is 276 g/mol. The first-order chi connectivity index (χ1) is 9.29. The van der Waals surface area contributed by atoms with Gasteiger partial charge in [-0.3, -0.25) is 9.59 Å². The Morgan fingerprint density at radius 1 is 1.35 bits per heavy atom. The van der Waals surface area contributed by atoms with Gasteiger partial charge in [0.2, 0.25) is 5.91 Å². The van der Waals surface area contributed by atoms with Crippen molar-refractivity contribution in [2.75, 3.05) is 5.32 Å². The smallest absolute Gasteiger partial charge is 0.307 e. The third-order valence-corrected chi connectivity index (χ3v) is 4.43. The molecule has 1 aliphatic carbocycles. The van der Waals surface area contributed by atoms with Crippen molar-refractivity contribution in [3.63, 3.8) is 0 Å². The van der Waals surface area contributed by atoms with Crippen LogP contribution in [0.5, 0.6) is 0 Å². The molecule has 0 bridgehead atoms. The van der Waals surface area contributed by atoms with E-state index in [2.05, 4.69) is 31.1 Å². The molecule has 0 radical (unpaired) electrons. The number of carbonyl (C=O) groups excluding carboxylic acids is 1. The third-order valence-electron chi connectivity index (χ3n) is 3.67. The number of hydrogen-bond acceptors (Lipinski definition) is 4. The Balaban J connectivity index is 2.05. The highest BCUT2D eigenvalue weighted by Gasteiger charge is 2.38. The minimum atomic E-state index is -0.878. The first-order valence-electron chi connectivity index (χ1n) is 6.78. The van der Waals surface area contributed by atoms with E-state index >= 15 is 0 Å². The molecule has 0 saturated heterocycles. The van der Waals surface area contributed by atoms with Crippen LogP contribution < -0.4 is 5.32 Å². The molecule has 1 fully saturated rings. The lowest BCUT2D eigenvalue weighted by Gasteiger charge is -2.15. The molecule has 1 saturated carbocycles. The Morgan fingerprint density at radius 2 is 2.00 bits per heavy atom. The Morgan fingerprint density at radius 3 is 2.55 bits per heavy atom. The van der Waals surface area contributed by atoms with Crippen molar-refractivity contribution in [1.82, 2.24) is 4.98 Å². The minimum Gasteiger partial charge on any atom is -0.481 e. The Hall–Kier alpha value is -1.43. The van der Waals surface area contributed by atoms with Crippen molar-refractivity contribution < 1.29 is 14.7 Å². The third kappa shape index (κ3) is 3.17. The number of rotatable bonds is 3. The average molecular weight is 296 g/mol. The topological polar surface area (TPSA) is 79.3 Å². The van der Waals surface area contributed by atoms with Gasteiger partial charge in [-0.15, -0.1) is 11.3 Å². The summed E-state index contributed by atoms with van der Waals surface area (Å²) in [5.41, 5.74) is 0.871. The van der Waals surface area contributed by atoms with Gasteiger partial charge in [0.05, 0.1) is 17.5 Å². The van der Waals surface area contributed by atoms with Crippen LogP contribution in [0.4, 0.5) is 5.13 Å². The highest BCUT2D eigenvalue weighted by molar-refractivity contribution is 7.13. The standard InChI is InChI=1S/C14H20N2O3S/c1-14(2,3)10-7-20-13(15-10)16-11(17)8-5-4-6-9(8)12(18)19/h7-9H,4-6H2,1-3H3,(H,18,19)(H,15,16,17). The van der Waals surface area contributed by atoms with Crippen LogP contribution in [0.3, 0.4) is 0 Å². The zero-order valence-corrected chi connectivity index (χ0v) is 12.8. The fourth-order valence-electron chi connectivity index (χ4n) is 2.44. The van der Waals surface area contributed by atoms with Gasteiger partial charge in [-0.05, 0) is 12.8 Å².